The van der Waals surface area contributed by atoms with Crippen molar-refractivity contribution in [1.29, 1.82) is 5.26 Å². The molecule has 0 N–H and O–H groups in total. The summed E-state index contributed by atoms with van der Waals surface area (Å²) in [4.78, 5) is 0. The van der Waals surface area contributed by atoms with Gasteiger partial charge >= 0.3 is 0 Å². The maximum atomic E-state index is 8.47. The summed E-state index contributed by atoms with van der Waals surface area (Å²) < 4.78 is 0. The largest absolute Gasteiger partial charge is 0.193 e. The molecule has 0 saturated heterocycles. The molecule has 1 heteroatoms. The van der Waals surface area contributed by atoms with Gasteiger partial charge in [0.05, 0.1) is 6.07 Å². The molecule has 2 aliphatic rings. The fourth-order valence-corrected chi connectivity index (χ4v) is 5.27. The van der Waals surface area contributed by atoms with E-state index in [-0.39, 0.29) is 0 Å². The van der Waals surface area contributed by atoms with Crippen LogP contribution >= 0.6 is 0 Å². The first-order valence-electron chi connectivity index (χ1n) is 11.6. The van der Waals surface area contributed by atoms with Crippen LogP contribution in [-0.2, 0) is 0 Å². The lowest BCUT2D eigenvalue weighted by atomic mass is 9.70. The zero-order chi connectivity index (χ0) is 19.3. The number of nitrogens with zero attached hydrogens (tertiary/aromatic N) is 1. The Kier molecular flexibility index (Phi) is 10.6. The highest BCUT2D eigenvalue weighted by atomic mass is 14.3. The van der Waals surface area contributed by atoms with E-state index in [4.69, 9.17) is 5.26 Å². The minimum Gasteiger partial charge on any atom is -0.193 e. The standard InChI is InChI=1S/C26H41N/c1-3-4-8-11-23-13-17-25(18-14-23)22(2)26-19-15-24(16-20-26)12-9-6-5-7-10-21-27/h5-7,10,23-26H,2-4,8-9,11-20H2,1H3. The highest BCUT2D eigenvalue weighted by Crippen LogP contribution is 2.42. The second-order valence-electron chi connectivity index (χ2n) is 9.00. The van der Waals surface area contributed by atoms with Crippen molar-refractivity contribution in [3.63, 3.8) is 0 Å². The van der Waals surface area contributed by atoms with Crippen LogP contribution in [0, 0.1) is 35.0 Å². The molecule has 0 aromatic rings. The highest BCUT2D eigenvalue weighted by Gasteiger charge is 2.29. The molecule has 0 radical (unpaired) electrons. The molecular weight excluding hydrogens is 326 g/mol. The first kappa shape index (κ1) is 22.0. The molecule has 150 valence electrons. The molecule has 27 heavy (non-hydrogen) atoms. The smallest absolute Gasteiger partial charge is 0.0912 e. The third-order valence-electron chi connectivity index (χ3n) is 7.12. The van der Waals surface area contributed by atoms with Gasteiger partial charge in [-0.3, -0.25) is 0 Å². The van der Waals surface area contributed by atoms with Gasteiger partial charge in [0.25, 0.3) is 0 Å². The predicted molar refractivity (Wildman–Crippen MR) is 117 cm³/mol. The van der Waals surface area contributed by atoms with Crippen molar-refractivity contribution < 1.29 is 0 Å². The van der Waals surface area contributed by atoms with Crippen molar-refractivity contribution in [2.45, 2.75) is 96.8 Å². The molecule has 2 saturated carbocycles. The van der Waals surface area contributed by atoms with Crippen LogP contribution in [0.1, 0.15) is 96.8 Å². The fraction of sp³-hybridized carbons (Fsp3) is 0.731. The van der Waals surface area contributed by atoms with E-state index >= 15 is 0 Å². The lowest BCUT2D eigenvalue weighted by molar-refractivity contribution is 0.239. The van der Waals surface area contributed by atoms with E-state index in [1.807, 2.05) is 18.2 Å². The van der Waals surface area contributed by atoms with Crippen molar-refractivity contribution in [2.75, 3.05) is 0 Å². The number of rotatable bonds is 10. The van der Waals surface area contributed by atoms with Crippen LogP contribution in [0.4, 0.5) is 0 Å². The van der Waals surface area contributed by atoms with Gasteiger partial charge in [0.2, 0.25) is 0 Å². The molecule has 0 spiro atoms. The summed E-state index contributed by atoms with van der Waals surface area (Å²) in [7, 11) is 0. The fourth-order valence-electron chi connectivity index (χ4n) is 5.27. The Morgan fingerprint density at radius 3 is 2.04 bits per heavy atom. The first-order valence-corrected chi connectivity index (χ1v) is 11.6. The quantitative estimate of drug-likeness (QED) is 0.165. The zero-order valence-corrected chi connectivity index (χ0v) is 17.7. The molecule has 0 aliphatic heterocycles. The topological polar surface area (TPSA) is 23.8 Å². The van der Waals surface area contributed by atoms with Crippen LogP contribution < -0.4 is 0 Å². The number of allylic oxidation sites excluding steroid dienone is 5. The molecule has 0 aromatic heterocycles. The molecule has 2 aliphatic carbocycles. The van der Waals surface area contributed by atoms with Crippen LogP contribution in [-0.4, -0.2) is 0 Å². The second-order valence-corrected chi connectivity index (χ2v) is 9.00. The highest BCUT2D eigenvalue weighted by molar-refractivity contribution is 5.11. The van der Waals surface area contributed by atoms with Gasteiger partial charge in [-0.15, -0.1) is 0 Å². The van der Waals surface area contributed by atoms with E-state index in [1.165, 1.54) is 89.5 Å². The zero-order valence-electron chi connectivity index (χ0n) is 17.7. The molecule has 2 rings (SSSR count). The Labute approximate surface area is 168 Å². The van der Waals surface area contributed by atoms with Gasteiger partial charge in [0.15, 0.2) is 0 Å². The summed E-state index contributed by atoms with van der Waals surface area (Å²) in [6.07, 6.45) is 27.0. The van der Waals surface area contributed by atoms with E-state index < -0.39 is 0 Å². The third kappa shape index (κ3) is 8.08. The monoisotopic (exact) mass is 367 g/mol. The summed E-state index contributed by atoms with van der Waals surface area (Å²) in [5.41, 5.74) is 1.61. The summed E-state index contributed by atoms with van der Waals surface area (Å²) in [6, 6.07) is 2.02. The molecule has 0 atom stereocenters. The average molecular weight is 368 g/mol. The van der Waals surface area contributed by atoms with E-state index in [2.05, 4.69) is 19.6 Å². The maximum absolute atomic E-state index is 8.47. The van der Waals surface area contributed by atoms with E-state index in [1.54, 1.807) is 5.57 Å². The molecular formula is C26H41N. The first-order chi connectivity index (χ1) is 13.2. The Morgan fingerprint density at radius 1 is 0.889 bits per heavy atom. The van der Waals surface area contributed by atoms with Gasteiger partial charge in [-0.05, 0) is 87.9 Å². The van der Waals surface area contributed by atoms with Crippen LogP contribution in [0.2, 0.25) is 0 Å². The summed E-state index contributed by atoms with van der Waals surface area (Å²) in [6.45, 7) is 6.89. The van der Waals surface area contributed by atoms with Crippen LogP contribution in [0.15, 0.2) is 36.5 Å². The van der Waals surface area contributed by atoms with Gasteiger partial charge in [0.1, 0.15) is 0 Å². The van der Waals surface area contributed by atoms with E-state index in [9.17, 15) is 0 Å². The average Bonchev–Trinajstić information content (AvgIpc) is 2.71. The van der Waals surface area contributed by atoms with Gasteiger partial charge in [-0.25, -0.2) is 0 Å². The van der Waals surface area contributed by atoms with Gasteiger partial charge in [-0.2, -0.15) is 5.26 Å². The number of nitriles is 1. The molecule has 0 bridgehead atoms. The normalized spacial score (nSPS) is 29.2. The number of hydrogen-bond donors (Lipinski definition) is 0. The van der Waals surface area contributed by atoms with Gasteiger partial charge < -0.3 is 0 Å². The number of hydrogen-bond acceptors (Lipinski definition) is 1. The van der Waals surface area contributed by atoms with E-state index in [0.717, 1.165) is 30.1 Å². The molecule has 0 amide bonds. The summed E-state index contributed by atoms with van der Waals surface area (Å²) in [5.74, 6) is 3.53. The van der Waals surface area contributed by atoms with Crippen molar-refractivity contribution in [3.8, 4) is 6.07 Å². The SMILES string of the molecule is C=C(C1CCC(CCC=CC=CC#N)CC1)C1CCC(CCCCC)CC1. The Hall–Kier alpha value is -1.29. The Bertz CT molecular complexity index is 505. The van der Waals surface area contributed by atoms with Crippen LogP contribution in [0.5, 0.6) is 0 Å². The minimum atomic E-state index is 0.803. The molecule has 0 heterocycles. The van der Waals surface area contributed by atoms with Gasteiger partial charge in [-0.1, -0.05) is 63.0 Å². The molecule has 0 unspecified atom stereocenters. The lowest BCUT2D eigenvalue weighted by Crippen LogP contribution is -2.23. The molecule has 2 fully saturated rings. The Morgan fingerprint density at radius 2 is 1.48 bits per heavy atom. The van der Waals surface area contributed by atoms with Crippen LogP contribution in [0.25, 0.3) is 0 Å². The van der Waals surface area contributed by atoms with Crippen molar-refractivity contribution in [1.82, 2.24) is 0 Å². The number of unbranched alkanes of at least 4 members (excludes halogenated alkanes) is 2. The van der Waals surface area contributed by atoms with Crippen LogP contribution in [0.3, 0.4) is 0 Å². The maximum Gasteiger partial charge on any atom is 0.0912 e. The molecule has 0 aromatic carbocycles. The summed E-state index contributed by atoms with van der Waals surface area (Å²) in [5, 5.41) is 8.47. The van der Waals surface area contributed by atoms with E-state index in [0.29, 0.717) is 0 Å². The lowest BCUT2D eigenvalue weighted by Gasteiger charge is -2.36. The Balaban J connectivity index is 1.62. The van der Waals surface area contributed by atoms with Crippen molar-refractivity contribution in [3.05, 3.63) is 36.5 Å². The summed E-state index contributed by atoms with van der Waals surface area (Å²) >= 11 is 0. The third-order valence-corrected chi connectivity index (χ3v) is 7.12. The van der Waals surface area contributed by atoms with Gasteiger partial charge in [0, 0.05) is 6.08 Å². The predicted octanol–water partition coefficient (Wildman–Crippen LogP) is 8.15. The van der Waals surface area contributed by atoms with Crippen molar-refractivity contribution >= 4 is 0 Å². The minimum absolute atomic E-state index is 0.803. The second kappa shape index (κ2) is 13.0. The van der Waals surface area contributed by atoms with Crippen molar-refractivity contribution in [2.24, 2.45) is 23.7 Å². The molecule has 1 nitrogen and oxygen atoms in total.